The van der Waals surface area contributed by atoms with Crippen LogP contribution in [0.1, 0.15) is 16.7 Å². The molecule has 0 aliphatic rings. The van der Waals surface area contributed by atoms with Crippen LogP contribution in [0.15, 0.2) is 59.2 Å². The van der Waals surface area contributed by atoms with Crippen molar-refractivity contribution in [3.8, 4) is 0 Å². The number of carbonyl (C=O) groups is 1. The normalized spacial score (nSPS) is 10.6. The van der Waals surface area contributed by atoms with E-state index in [1.54, 1.807) is 6.20 Å². The predicted molar refractivity (Wildman–Crippen MR) is 89.7 cm³/mol. The Morgan fingerprint density at radius 3 is 2.67 bits per heavy atom. The van der Waals surface area contributed by atoms with Crippen LogP contribution in [0.3, 0.4) is 0 Å². The number of rotatable bonds is 4. The van der Waals surface area contributed by atoms with E-state index in [2.05, 4.69) is 26.6 Å². The van der Waals surface area contributed by atoms with E-state index in [0.29, 0.717) is 6.54 Å². The van der Waals surface area contributed by atoms with Gasteiger partial charge in [-0.15, -0.1) is 0 Å². The smallest absolute Gasteiger partial charge is 0.319 e. The van der Waals surface area contributed by atoms with Gasteiger partial charge in [-0.05, 0) is 36.3 Å². The molecule has 2 aromatic rings. The average Bonchev–Trinajstić information content (AvgIpc) is 2.47. The van der Waals surface area contributed by atoms with Crippen LogP contribution in [-0.4, -0.2) is 6.03 Å². The second-order valence-electron chi connectivity index (χ2n) is 4.70. The molecule has 0 saturated heterocycles. The van der Waals surface area contributed by atoms with Crippen LogP contribution < -0.4 is 10.6 Å². The maximum atomic E-state index is 11.7. The molecule has 2 rings (SSSR count). The first-order chi connectivity index (χ1) is 10.1. The number of amides is 2. The summed E-state index contributed by atoms with van der Waals surface area (Å²) in [6.45, 7) is 2.55. The molecule has 0 aromatic heterocycles. The zero-order valence-corrected chi connectivity index (χ0v) is 13.4. The third-order valence-electron chi connectivity index (χ3n) is 2.91. The second kappa shape index (κ2) is 7.64. The summed E-state index contributed by atoms with van der Waals surface area (Å²) < 4.78 is 1.01. The molecule has 0 atom stereocenters. The minimum absolute atomic E-state index is 0.221. The molecule has 4 heteroatoms. The summed E-state index contributed by atoms with van der Waals surface area (Å²) in [7, 11) is 0. The van der Waals surface area contributed by atoms with Gasteiger partial charge in [-0.2, -0.15) is 0 Å². The van der Waals surface area contributed by atoms with Crippen LogP contribution in [0.4, 0.5) is 4.79 Å². The number of halogens is 1. The summed E-state index contributed by atoms with van der Waals surface area (Å²) in [5.41, 5.74) is 3.30. The maximum Gasteiger partial charge on any atom is 0.319 e. The van der Waals surface area contributed by atoms with Gasteiger partial charge in [0.25, 0.3) is 0 Å². The van der Waals surface area contributed by atoms with Crippen molar-refractivity contribution >= 4 is 28.0 Å². The Labute approximate surface area is 133 Å². The first-order valence-corrected chi connectivity index (χ1v) is 7.45. The van der Waals surface area contributed by atoms with Gasteiger partial charge in [0.15, 0.2) is 0 Å². The molecule has 0 spiro atoms. The van der Waals surface area contributed by atoms with Gasteiger partial charge in [0.05, 0.1) is 0 Å². The van der Waals surface area contributed by atoms with Crippen molar-refractivity contribution < 1.29 is 4.79 Å². The van der Waals surface area contributed by atoms with Gasteiger partial charge in [0, 0.05) is 17.2 Å². The summed E-state index contributed by atoms with van der Waals surface area (Å²) in [5, 5.41) is 5.49. The monoisotopic (exact) mass is 344 g/mol. The molecule has 0 saturated carbocycles. The Bertz CT molecular complexity index is 635. The standard InChI is InChI=1S/C17H17BrN2O/c1-13-5-7-15(8-6-13)12-20-17(21)19-10-9-14-3-2-4-16(18)11-14/h2-11H,12H2,1H3,(H2,19,20,21)/b10-9+. The third-order valence-corrected chi connectivity index (χ3v) is 3.41. The topological polar surface area (TPSA) is 41.1 Å². The van der Waals surface area contributed by atoms with Crippen molar-refractivity contribution in [3.63, 3.8) is 0 Å². The molecule has 2 N–H and O–H groups in total. The van der Waals surface area contributed by atoms with Gasteiger partial charge in [-0.3, -0.25) is 0 Å². The Kier molecular flexibility index (Phi) is 5.58. The Balaban J connectivity index is 1.78. The third kappa shape index (κ3) is 5.44. The molecule has 21 heavy (non-hydrogen) atoms. The van der Waals surface area contributed by atoms with Gasteiger partial charge < -0.3 is 10.6 Å². The maximum absolute atomic E-state index is 11.7. The molecule has 0 aliphatic carbocycles. The number of hydrogen-bond donors (Lipinski definition) is 2. The van der Waals surface area contributed by atoms with Crippen molar-refractivity contribution in [3.05, 3.63) is 75.9 Å². The van der Waals surface area contributed by atoms with E-state index in [9.17, 15) is 4.79 Å². The van der Waals surface area contributed by atoms with Gasteiger partial charge in [-0.25, -0.2) is 4.79 Å². The van der Waals surface area contributed by atoms with E-state index in [4.69, 9.17) is 0 Å². The van der Waals surface area contributed by atoms with Crippen molar-refractivity contribution in [1.82, 2.24) is 10.6 Å². The average molecular weight is 345 g/mol. The number of urea groups is 1. The number of aryl methyl sites for hydroxylation is 1. The fraction of sp³-hybridized carbons (Fsp3) is 0.118. The summed E-state index contributed by atoms with van der Waals surface area (Å²) in [6, 6.07) is 15.7. The number of hydrogen-bond acceptors (Lipinski definition) is 1. The fourth-order valence-electron chi connectivity index (χ4n) is 1.76. The minimum Gasteiger partial charge on any atom is -0.334 e. The van der Waals surface area contributed by atoms with Crippen LogP contribution in [0.2, 0.25) is 0 Å². The molecule has 0 radical (unpaired) electrons. The lowest BCUT2D eigenvalue weighted by molar-refractivity contribution is 0.244. The molecule has 0 fully saturated rings. The van der Waals surface area contributed by atoms with Crippen LogP contribution in [-0.2, 0) is 6.54 Å². The SMILES string of the molecule is Cc1ccc(CNC(=O)N/C=C/c2cccc(Br)c2)cc1. The van der Waals surface area contributed by atoms with Gasteiger partial charge in [0.2, 0.25) is 0 Å². The van der Waals surface area contributed by atoms with Crippen LogP contribution in [0.25, 0.3) is 6.08 Å². The first-order valence-electron chi connectivity index (χ1n) is 6.65. The summed E-state index contributed by atoms with van der Waals surface area (Å²) in [5.74, 6) is 0. The molecule has 0 unspecified atom stereocenters. The Hall–Kier alpha value is -2.07. The lowest BCUT2D eigenvalue weighted by Gasteiger charge is -2.05. The van der Waals surface area contributed by atoms with Crippen LogP contribution in [0.5, 0.6) is 0 Å². The second-order valence-corrected chi connectivity index (χ2v) is 5.62. The number of nitrogens with one attached hydrogen (secondary N) is 2. The van der Waals surface area contributed by atoms with E-state index in [1.165, 1.54) is 5.56 Å². The van der Waals surface area contributed by atoms with Gasteiger partial charge in [-0.1, -0.05) is 57.9 Å². The highest BCUT2D eigenvalue weighted by Crippen LogP contribution is 2.12. The van der Waals surface area contributed by atoms with E-state index in [0.717, 1.165) is 15.6 Å². The molecular formula is C17H17BrN2O. The molecule has 0 bridgehead atoms. The first kappa shape index (κ1) is 15.3. The predicted octanol–water partition coefficient (Wildman–Crippen LogP) is 4.23. The summed E-state index contributed by atoms with van der Waals surface area (Å²) >= 11 is 3.41. The van der Waals surface area contributed by atoms with E-state index in [1.807, 2.05) is 61.5 Å². The lowest BCUT2D eigenvalue weighted by atomic mass is 10.1. The van der Waals surface area contributed by atoms with E-state index >= 15 is 0 Å². The van der Waals surface area contributed by atoms with E-state index < -0.39 is 0 Å². The number of carbonyl (C=O) groups excluding carboxylic acids is 1. The highest BCUT2D eigenvalue weighted by molar-refractivity contribution is 9.10. The molecule has 108 valence electrons. The molecule has 2 amide bonds. The zero-order chi connectivity index (χ0) is 15.1. The highest BCUT2D eigenvalue weighted by atomic mass is 79.9. The summed E-state index contributed by atoms with van der Waals surface area (Å²) in [6.07, 6.45) is 3.47. The summed E-state index contributed by atoms with van der Waals surface area (Å²) in [4.78, 5) is 11.7. The highest BCUT2D eigenvalue weighted by Gasteiger charge is 1.97. The fourth-order valence-corrected chi connectivity index (χ4v) is 2.18. The van der Waals surface area contributed by atoms with Crippen LogP contribution in [0, 0.1) is 6.92 Å². The Morgan fingerprint density at radius 1 is 1.19 bits per heavy atom. The van der Waals surface area contributed by atoms with Gasteiger partial charge >= 0.3 is 6.03 Å². The quantitative estimate of drug-likeness (QED) is 0.856. The molecular weight excluding hydrogens is 328 g/mol. The minimum atomic E-state index is -0.221. The lowest BCUT2D eigenvalue weighted by Crippen LogP contribution is -2.31. The van der Waals surface area contributed by atoms with E-state index in [-0.39, 0.29) is 6.03 Å². The zero-order valence-electron chi connectivity index (χ0n) is 11.8. The van der Waals surface area contributed by atoms with Crippen molar-refractivity contribution in [2.75, 3.05) is 0 Å². The Morgan fingerprint density at radius 2 is 1.95 bits per heavy atom. The molecule has 0 aliphatic heterocycles. The molecule has 2 aromatic carbocycles. The molecule has 0 heterocycles. The molecule has 3 nitrogen and oxygen atoms in total. The largest absolute Gasteiger partial charge is 0.334 e. The van der Waals surface area contributed by atoms with Crippen molar-refractivity contribution in [2.24, 2.45) is 0 Å². The van der Waals surface area contributed by atoms with Crippen molar-refractivity contribution in [2.45, 2.75) is 13.5 Å². The van der Waals surface area contributed by atoms with Crippen LogP contribution >= 0.6 is 15.9 Å². The van der Waals surface area contributed by atoms with Gasteiger partial charge in [0.1, 0.15) is 0 Å². The number of benzene rings is 2. The van der Waals surface area contributed by atoms with Crippen molar-refractivity contribution in [1.29, 1.82) is 0 Å².